The average molecular weight is 375 g/mol. The summed E-state index contributed by atoms with van der Waals surface area (Å²) in [7, 11) is 3.14. The van der Waals surface area contributed by atoms with Gasteiger partial charge in [0.1, 0.15) is 0 Å². The predicted molar refractivity (Wildman–Crippen MR) is 98.7 cm³/mol. The molecular weight excluding hydrogens is 356 g/mol. The lowest BCUT2D eigenvalue weighted by molar-refractivity contribution is -0.121. The molecule has 1 fully saturated rings. The lowest BCUT2D eigenvalue weighted by Gasteiger charge is -2.16. The molecule has 0 spiro atoms. The zero-order valence-corrected chi connectivity index (χ0v) is 15.2. The standard InChI is InChI=1S/C19H19ClN2O4/c1-25-16-8-3-12(9-17(16)26-2)11-21-15-10-18(23)22(19(15)24)14-6-4-13(20)5-7-14/h3-9,15,21H,10-11H2,1-2H3/t15-/m0/s1. The summed E-state index contributed by atoms with van der Waals surface area (Å²) in [5, 5.41) is 3.70. The van der Waals surface area contributed by atoms with E-state index in [1.165, 1.54) is 4.90 Å². The van der Waals surface area contributed by atoms with Crippen molar-refractivity contribution in [3.05, 3.63) is 53.1 Å². The Kier molecular flexibility index (Phi) is 5.44. The van der Waals surface area contributed by atoms with E-state index >= 15 is 0 Å². The van der Waals surface area contributed by atoms with E-state index in [1.54, 1.807) is 44.6 Å². The van der Waals surface area contributed by atoms with Crippen LogP contribution >= 0.6 is 11.6 Å². The molecule has 0 aromatic heterocycles. The summed E-state index contributed by atoms with van der Waals surface area (Å²) in [6.07, 6.45) is 0.120. The maximum Gasteiger partial charge on any atom is 0.251 e. The molecule has 0 saturated carbocycles. The van der Waals surface area contributed by atoms with Crippen molar-refractivity contribution >= 4 is 29.1 Å². The van der Waals surface area contributed by atoms with Crippen molar-refractivity contribution in [1.29, 1.82) is 0 Å². The number of anilines is 1. The number of carbonyl (C=O) groups is 2. The van der Waals surface area contributed by atoms with Crippen molar-refractivity contribution in [2.45, 2.75) is 19.0 Å². The Hall–Kier alpha value is -2.57. The fourth-order valence-corrected chi connectivity index (χ4v) is 3.01. The SMILES string of the molecule is COc1ccc(CN[C@H]2CC(=O)N(c3ccc(Cl)cc3)C2=O)cc1OC. The summed E-state index contributed by atoms with van der Waals surface area (Å²) in [6.45, 7) is 0.429. The third kappa shape index (κ3) is 3.66. The van der Waals surface area contributed by atoms with Gasteiger partial charge in [-0.05, 0) is 42.0 Å². The number of imide groups is 1. The van der Waals surface area contributed by atoms with Crippen molar-refractivity contribution in [3.8, 4) is 11.5 Å². The fraction of sp³-hybridized carbons (Fsp3) is 0.263. The second kappa shape index (κ2) is 7.76. The molecule has 0 unspecified atom stereocenters. The van der Waals surface area contributed by atoms with E-state index in [4.69, 9.17) is 21.1 Å². The zero-order valence-electron chi connectivity index (χ0n) is 14.5. The molecule has 1 N–H and O–H groups in total. The number of nitrogens with zero attached hydrogens (tertiary/aromatic N) is 1. The molecular formula is C19H19ClN2O4. The molecule has 2 aromatic carbocycles. The van der Waals surface area contributed by atoms with Gasteiger partial charge < -0.3 is 14.8 Å². The molecule has 2 aromatic rings. The van der Waals surface area contributed by atoms with Crippen molar-refractivity contribution in [2.75, 3.05) is 19.1 Å². The first kappa shape index (κ1) is 18.2. The van der Waals surface area contributed by atoms with Crippen LogP contribution in [0.5, 0.6) is 11.5 Å². The lowest BCUT2D eigenvalue weighted by atomic mass is 10.1. The van der Waals surface area contributed by atoms with Crippen molar-refractivity contribution in [1.82, 2.24) is 5.32 Å². The minimum Gasteiger partial charge on any atom is -0.493 e. The number of amides is 2. The third-order valence-corrected chi connectivity index (χ3v) is 4.48. The Labute approximate surface area is 156 Å². The highest BCUT2D eigenvalue weighted by Crippen LogP contribution is 2.28. The molecule has 1 aliphatic heterocycles. The number of ether oxygens (including phenoxy) is 2. The molecule has 2 amide bonds. The number of nitrogens with one attached hydrogen (secondary N) is 1. The van der Waals surface area contributed by atoms with Crippen LogP contribution in [0.1, 0.15) is 12.0 Å². The van der Waals surface area contributed by atoms with Crippen LogP contribution in [0.3, 0.4) is 0 Å². The van der Waals surface area contributed by atoms with Crippen LogP contribution in [-0.4, -0.2) is 32.1 Å². The van der Waals surface area contributed by atoms with Gasteiger partial charge in [0.05, 0.1) is 32.4 Å². The number of halogens is 1. The van der Waals surface area contributed by atoms with Gasteiger partial charge in [-0.25, -0.2) is 4.90 Å². The molecule has 1 aliphatic rings. The molecule has 0 radical (unpaired) electrons. The molecule has 136 valence electrons. The minimum absolute atomic E-state index is 0.120. The summed E-state index contributed by atoms with van der Waals surface area (Å²) >= 11 is 5.86. The maximum absolute atomic E-state index is 12.6. The van der Waals surface area contributed by atoms with E-state index in [0.29, 0.717) is 28.8 Å². The van der Waals surface area contributed by atoms with E-state index in [0.717, 1.165) is 5.56 Å². The highest BCUT2D eigenvalue weighted by Gasteiger charge is 2.39. The first-order chi connectivity index (χ1) is 12.5. The number of rotatable bonds is 6. The minimum atomic E-state index is -0.564. The van der Waals surface area contributed by atoms with E-state index in [9.17, 15) is 9.59 Å². The first-order valence-electron chi connectivity index (χ1n) is 8.10. The van der Waals surface area contributed by atoms with Gasteiger partial charge >= 0.3 is 0 Å². The Balaban J connectivity index is 1.69. The Morgan fingerprint density at radius 1 is 1.08 bits per heavy atom. The van der Waals surface area contributed by atoms with E-state index in [-0.39, 0.29) is 18.2 Å². The van der Waals surface area contributed by atoms with E-state index in [2.05, 4.69) is 5.32 Å². The van der Waals surface area contributed by atoms with Crippen molar-refractivity contribution < 1.29 is 19.1 Å². The molecule has 0 aliphatic carbocycles. The second-order valence-electron chi connectivity index (χ2n) is 5.87. The van der Waals surface area contributed by atoms with Crippen LogP contribution in [0.15, 0.2) is 42.5 Å². The topological polar surface area (TPSA) is 67.9 Å². The second-order valence-corrected chi connectivity index (χ2v) is 6.31. The van der Waals surface area contributed by atoms with Crippen LogP contribution in [0.2, 0.25) is 5.02 Å². The number of methoxy groups -OCH3 is 2. The molecule has 1 heterocycles. The normalized spacial score (nSPS) is 16.9. The number of benzene rings is 2. The highest BCUT2D eigenvalue weighted by atomic mass is 35.5. The first-order valence-corrected chi connectivity index (χ1v) is 8.48. The largest absolute Gasteiger partial charge is 0.493 e. The molecule has 3 rings (SSSR count). The van der Waals surface area contributed by atoms with Crippen LogP contribution in [0.25, 0.3) is 0 Å². The van der Waals surface area contributed by atoms with Crippen LogP contribution < -0.4 is 19.7 Å². The van der Waals surface area contributed by atoms with Crippen molar-refractivity contribution in [3.63, 3.8) is 0 Å². The molecule has 1 atom stereocenters. The number of carbonyl (C=O) groups excluding carboxylic acids is 2. The molecule has 1 saturated heterocycles. The van der Waals surface area contributed by atoms with Gasteiger partial charge in [-0.1, -0.05) is 17.7 Å². The summed E-state index contributed by atoms with van der Waals surface area (Å²) in [5.41, 5.74) is 1.45. The third-order valence-electron chi connectivity index (χ3n) is 4.23. The summed E-state index contributed by atoms with van der Waals surface area (Å²) in [4.78, 5) is 26.1. The van der Waals surface area contributed by atoms with Crippen LogP contribution in [0, 0.1) is 0 Å². The Morgan fingerprint density at radius 3 is 2.42 bits per heavy atom. The fourth-order valence-electron chi connectivity index (χ4n) is 2.88. The Morgan fingerprint density at radius 2 is 1.77 bits per heavy atom. The summed E-state index contributed by atoms with van der Waals surface area (Å²) in [6, 6.07) is 11.6. The van der Waals surface area contributed by atoms with Crippen LogP contribution in [0.4, 0.5) is 5.69 Å². The van der Waals surface area contributed by atoms with Gasteiger partial charge in [-0.3, -0.25) is 9.59 Å². The van der Waals surface area contributed by atoms with Gasteiger partial charge in [0.25, 0.3) is 5.91 Å². The van der Waals surface area contributed by atoms with E-state index < -0.39 is 6.04 Å². The predicted octanol–water partition coefficient (Wildman–Crippen LogP) is 2.78. The van der Waals surface area contributed by atoms with Crippen molar-refractivity contribution in [2.24, 2.45) is 0 Å². The summed E-state index contributed by atoms with van der Waals surface area (Å²) < 4.78 is 10.5. The molecule has 0 bridgehead atoms. The molecule has 26 heavy (non-hydrogen) atoms. The summed E-state index contributed by atoms with van der Waals surface area (Å²) in [5.74, 6) is 0.751. The van der Waals surface area contributed by atoms with Crippen LogP contribution in [-0.2, 0) is 16.1 Å². The van der Waals surface area contributed by atoms with E-state index in [1.807, 2.05) is 12.1 Å². The van der Waals surface area contributed by atoms with Gasteiger partial charge in [0, 0.05) is 11.6 Å². The average Bonchev–Trinajstić information content (AvgIpc) is 2.94. The molecule has 7 heteroatoms. The number of hydrogen-bond acceptors (Lipinski definition) is 5. The smallest absolute Gasteiger partial charge is 0.251 e. The van der Waals surface area contributed by atoms with Gasteiger partial charge in [-0.15, -0.1) is 0 Å². The molecule has 6 nitrogen and oxygen atoms in total. The number of hydrogen-bond donors (Lipinski definition) is 1. The zero-order chi connectivity index (χ0) is 18.7. The monoisotopic (exact) mass is 374 g/mol. The Bertz CT molecular complexity index is 823. The highest BCUT2D eigenvalue weighted by molar-refractivity contribution is 6.30. The van der Waals surface area contributed by atoms with Gasteiger partial charge in [0.2, 0.25) is 5.91 Å². The lowest BCUT2D eigenvalue weighted by Crippen LogP contribution is -2.38. The quantitative estimate of drug-likeness (QED) is 0.787. The van der Waals surface area contributed by atoms with Gasteiger partial charge in [-0.2, -0.15) is 0 Å². The van der Waals surface area contributed by atoms with Gasteiger partial charge in [0.15, 0.2) is 11.5 Å². The maximum atomic E-state index is 12.6.